The number of hydrogen-bond donors (Lipinski definition) is 2. The smallest absolute Gasteiger partial charge is 0.303 e. The number of phenolic OH excluding ortho intramolecular Hbond substituents is 1. The standard InChI is InChI=1S/C9H8Cl2O3/c10-6-4-8(12)7(11)3-5(6)1-2-9(13)14/h3-4,12H,1-2H2,(H,13,14). The minimum absolute atomic E-state index is 0.0131. The molecule has 0 unspecified atom stereocenters. The lowest BCUT2D eigenvalue weighted by Gasteiger charge is -2.04. The molecule has 0 heterocycles. The van der Waals surface area contributed by atoms with Gasteiger partial charge >= 0.3 is 5.97 Å². The van der Waals surface area contributed by atoms with Crippen molar-refractivity contribution in [1.29, 1.82) is 0 Å². The lowest BCUT2D eigenvalue weighted by atomic mass is 10.1. The number of carboxylic acids is 1. The first-order valence-electron chi connectivity index (χ1n) is 3.89. The van der Waals surface area contributed by atoms with Gasteiger partial charge in [-0.15, -0.1) is 0 Å². The molecule has 0 bridgehead atoms. The number of aromatic hydroxyl groups is 1. The maximum absolute atomic E-state index is 10.3. The van der Waals surface area contributed by atoms with Crippen molar-refractivity contribution in [2.45, 2.75) is 12.8 Å². The third kappa shape index (κ3) is 2.79. The molecule has 0 saturated heterocycles. The van der Waals surface area contributed by atoms with Crippen LogP contribution in [0.2, 0.25) is 10.0 Å². The van der Waals surface area contributed by atoms with Crippen LogP contribution >= 0.6 is 23.2 Å². The number of phenols is 1. The molecule has 0 amide bonds. The highest BCUT2D eigenvalue weighted by Gasteiger charge is 2.07. The quantitative estimate of drug-likeness (QED) is 0.846. The van der Waals surface area contributed by atoms with E-state index < -0.39 is 5.97 Å². The number of hydrogen-bond acceptors (Lipinski definition) is 2. The molecule has 0 radical (unpaired) electrons. The van der Waals surface area contributed by atoms with Gasteiger partial charge in [-0.05, 0) is 18.1 Å². The summed E-state index contributed by atoms with van der Waals surface area (Å²) in [4.78, 5) is 10.3. The van der Waals surface area contributed by atoms with Crippen LogP contribution in [0.15, 0.2) is 12.1 Å². The Labute approximate surface area is 90.9 Å². The van der Waals surface area contributed by atoms with E-state index in [2.05, 4.69) is 0 Å². The van der Waals surface area contributed by atoms with E-state index in [-0.39, 0.29) is 17.2 Å². The Morgan fingerprint density at radius 2 is 1.93 bits per heavy atom. The molecule has 0 aliphatic carbocycles. The third-order valence-corrected chi connectivity index (χ3v) is 2.38. The zero-order valence-electron chi connectivity index (χ0n) is 7.13. The van der Waals surface area contributed by atoms with Crippen LogP contribution in [0.3, 0.4) is 0 Å². The van der Waals surface area contributed by atoms with Gasteiger partial charge in [-0.25, -0.2) is 0 Å². The fourth-order valence-corrected chi connectivity index (χ4v) is 1.45. The van der Waals surface area contributed by atoms with Gasteiger partial charge in [0.2, 0.25) is 0 Å². The number of carboxylic acid groups (broad SMARTS) is 1. The van der Waals surface area contributed by atoms with Crippen LogP contribution in [0.5, 0.6) is 5.75 Å². The minimum Gasteiger partial charge on any atom is -0.506 e. The zero-order valence-corrected chi connectivity index (χ0v) is 8.64. The first-order chi connectivity index (χ1) is 6.50. The van der Waals surface area contributed by atoms with Crippen molar-refractivity contribution < 1.29 is 15.0 Å². The fraction of sp³-hybridized carbons (Fsp3) is 0.222. The average Bonchev–Trinajstić information content (AvgIpc) is 2.09. The molecule has 14 heavy (non-hydrogen) atoms. The highest BCUT2D eigenvalue weighted by molar-refractivity contribution is 6.34. The second-order valence-corrected chi connectivity index (χ2v) is 3.60. The Balaban J connectivity index is 2.87. The van der Waals surface area contributed by atoms with E-state index in [0.717, 1.165) is 0 Å². The van der Waals surface area contributed by atoms with Crippen molar-refractivity contribution in [2.24, 2.45) is 0 Å². The molecule has 0 fully saturated rings. The summed E-state index contributed by atoms with van der Waals surface area (Å²) in [6, 6.07) is 2.78. The summed E-state index contributed by atoms with van der Waals surface area (Å²) >= 11 is 11.4. The van der Waals surface area contributed by atoms with Gasteiger partial charge in [-0.2, -0.15) is 0 Å². The van der Waals surface area contributed by atoms with Gasteiger partial charge in [0, 0.05) is 17.5 Å². The molecule has 76 valence electrons. The highest BCUT2D eigenvalue weighted by Crippen LogP contribution is 2.30. The predicted octanol–water partition coefficient (Wildman–Crippen LogP) is 2.72. The molecule has 1 rings (SSSR count). The van der Waals surface area contributed by atoms with Gasteiger partial charge < -0.3 is 10.2 Å². The van der Waals surface area contributed by atoms with Crippen molar-refractivity contribution in [3.8, 4) is 5.75 Å². The molecule has 0 aromatic heterocycles. The van der Waals surface area contributed by atoms with E-state index in [1.807, 2.05) is 0 Å². The van der Waals surface area contributed by atoms with Gasteiger partial charge in [0.1, 0.15) is 5.75 Å². The molecule has 2 N–H and O–H groups in total. The number of aryl methyl sites for hydroxylation is 1. The van der Waals surface area contributed by atoms with E-state index in [4.69, 9.17) is 33.4 Å². The van der Waals surface area contributed by atoms with Crippen molar-refractivity contribution in [3.63, 3.8) is 0 Å². The summed E-state index contributed by atoms with van der Waals surface area (Å²) < 4.78 is 0. The average molecular weight is 235 g/mol. The normalized spacial score (nSPS) is 10.1. The van der Waals surface area contributed by atoms with Crippen molar-refractivity contribution in [2.75, 3.05) is 0 Å². The van der Waals surface area contributed by atoms with Crippen LogP contribution in [0.1, 0.15) is 12.0 Å². The molecule has 0 saturated carbocycles. The molecule has 0 aliphatic heterocycles. The zero-order chi connectivity index (χ0) is 10.7. The maximum Gasteiger partial charge on any atom is 0.303 e. The predicted molar refractivity (Wildman–Crippen MR) is 54.1 cm³/mol. The first-order valence-corrected chi connectivity index (χ1v) is 4.65. The second kappa shape index (κ2) is 4.53. The summed E-state index contributed by atoms with van der Waals surface area (Å²) in [5.41, 5.74) is 0.622. The molecular weight excluding hydrogens is 227 g/mol. The topological polar surface area (TPSA) is 57.5 Å². The summed E-state index contributed by atoms with van der Waals surface area (Å²) in [5.74, 6) is -0.999. The number of aliphatic carboxylic acids is 1. The maximum atomic E-state index is 10.3. The molecule has 5 heteroatoms. The number of rotatable bonds is 3. The first kappa shape index (κ1) is 11.1. The van der Waals surface area contributed by atoms with E-state index in [0.29, 0.717) is 17.0 Å². The van der Waals surface area contributed by atoms with Crippen molar-refractivity contribution >= 4 is 29.2 Å². The molecule has 3 nitrogen and oxygen atoms in total. The van der Waals surface area contributed by atoms with Gasteiger partial charge in [-0.1, -0.05) is 23.2 Å². The second-order valence-electron chi connectivity index (χ2n) is 2.79. The van der Waals surface area contributed by atoms with Crippen molar-refractivity contribution in [3.05, 3.63) is 27.7 Å². The largest absolute Gasteiger partial charge is 0.506 e. The Morgan fingerprint density at radius 3 is 2.50 bits per heavy atom. The molecule has 0 atom stereocenters. The van der Waals surface area contributed by atoms with Crippen LogP contribution in [0.25, 0.3) is 0 Å². The lowest BCUT2D eigenvalue weighted by Crippen LogP contribution is -1.97. The van der Waals surface area contributed by atoms with Crippen LogP contribution in [-0.4, -0.2) is 16.2 Å². The molecule has 0 aliphatic rings. The monoisotopic (exact) mass is 234 g/mol. The Hall–Kier alpha value is -0.930. The van der Waals surface area contributed by atoms with Crippen LogP contribution in [0.4, 0.5) is 0 Å². The van der Waals surface area contributed by atoms with E-state index in [1.165, 1.54) is 12.1 Å². The lowest BCUT2D eigenvalue weighted by molar-refractivity contribution is -0.136. The fourth-order valence-electron chi connectivity index (χ4n) is 1.01. The van der Waals surface area contributed by atoms with Crippen molar-refractivity contribution in [1.82, 2.24) is 0 Å². The van der Waals surface area contributed by atoms with E-state index in [9.17, 15) is 4.79 Å². The Morgan fingerprint density at radius 1 is 1.29 bits per heavy atom. The molecule has 0 spiro atoms. The van der Waals surface area contributed by atoms with E-state index in [1.54, 1.807) is 0 Å². The van der Waals surface area contributed by atoms with Gasteiger partial charge in [0.25, 0.3) is 0 Å². The number of carbonyl (C=O) groups is 1. The number of halogens is 2. The van der Waals surface area contributed by atoms with E-state index >= 15 is 0 Å². The van der Waals surface area contributed by atoms with Crippen LogP contribution in [-0.2, 0) is 11.2 Å². The van der Waals surface area contributed by atoms with Gasteiger partial charge in [0.15, 0.2) is 0 Å². The minimum atomic E-state index is -0.898. The summed E-state index contributed by atoms with van der Waals surface area (Å²) in [5, 5.41) is 18.1. The Kier molecular flexibility index (Phi) is 3.61. The SMILES string of the molecule is O=C(O)CCc1cc(Cl)c(O)cc1Cl. The van der Waals surface area contributed by atoms with Gasteiger partial charge in [-0.3, -0.25) is 4.79 Å². The van der Waals surface area contributed by atoms with Crippen LogP contribution < -0.4 is 0 Å². The highest BCUT2D eigenvalue weighted by atomic mass is 35.5. The van der Waals surface area contributed by atoms with Crippen LogP contribution in [0, 0.1) is 0 Å². The molecule has 1 aromatic carbocycles. The molecule has 1 aromatic rings. The van der Waals surface area contributed by atoms with Gasteiger partial charge in [0.05, 0.1) is 5.02 Å². The number of benzene rings is 1. The Bertz CT molecular complexity index is 363. The molecular formula is C9H8Cl2O3. The summed E-state index contributed by atoms with van der Waals surface area (Å²) in [6.07, 6.45) is 0.287. The third-order valence-electron chi connectivity index (χ3n) is 1.72. The summed E-state index contributed by atoms with van der Waals surface area (Å²) in [7, 11) is 0. The summed E-state index contributed by atoms with van der Waals surface area (Å²) in [6.45, 7) is 0.